The molecule has 0 aliphatic heterocycles. The largest absolute Gasteiger partial charge is 0.385 e. The van der Waals surface area contributed by atoms with Crippen molar-refractivity contribution in [2.45, 2.75) is 19.9 Å². The summed E-state index contributed by atoms with van der Waals surface area (Å²) < 4.78 is 4.89. The number of nitrogens with one attached hydrogen (secondary N) is 3. The van der Waals surface area contributed by atoms with E-state index in [0.29, 0.717) is 26.1 Å². The summed E-state index contributed by atoms with van der Waals surface area (Å²) in [6.07, 6.45) is 0.605. The Bertz CT molecular complexity index is 819. The molecule has 2 aromatic carbocycles. The van der Waals surface area contributed by atoms with Gasteiger partial charge in [-0.2, -0.15) is 0 Å². The van der Waals surface area contributed by atoms with Gasteiger partial charge in [-0.1, -0.05) is 42.0 Å². The molecule has 3 amide bonds. The molecule has 7 nitrogen and oxygen atoms in total. The Hall–Kier alpha value is -3.19. The van der Waals surface area contributed by atoms with E-state index >= 15 is 0 Å². The topological polar surface area (TPSA) is 96.5 Å². The maximum absolute atomic E-state index is 12.5. The molecular formula is C21H25N3O4. The van der Waals surface area contributed by atoms with Gasteiger partial charge in [0.15, 0.2) is 0 Å². The number of aryl methyl sites for hydroxylation is 1. The van der Waals surface area contributed by atoms with Gasteiger partial charge in [0.1, 0.15) is 0 Å². The number of ether oxygens (including phenoxy) is 1. The van der Waals surface area contributed by atoms with Crippen molar-refractivity contribution in [2.75, 3.05) is 25.6 Å². The fourth-order valence-corrected chi connectivity index (χ4v) is 2.45. The second-order valence-electron chi connectivity index (χ2n) is 6.27. The molecule has 0 unspecified atom stereocenters. The molecule has 28 heavy (non-hydrogen) atoms. The number of carbonyl (C=O) groups excluding carboxylic acids is 3. The third kappa shape index (κ3) is 6.51. The van der Waals surface area contributed by atoms with Crippen LogP contribution in [-0.4, -0.2) is 38.0 Å². The van der Waals surface area contributed by atoms with Crippen molar-refractivity contribution in [1.82, 2.24) is 10.6 Å². The van der Waals surface area contributed by atoms with Crippen LogP contribution in [0.1, 0.15) is 27.9 Å². The minimum absolute atomic E-state index is 0.279. The van der Waals surface area contributed by atoms with Crippen LogP contribution in [0.4, 0.5) is 5.69 Å². The predicted octanol–water partition coefficient (Wildman–Crippen LogP) is 2.02. The van der Waals surface area contributed by atoms with E-state index in [9.17, 15) is 14.4 Å². The molecule has 2 rings (SSSR count). The number of benzene rings is 2. The molecule has 0 atom stereocenters. The number of para-hydroxylation sites is 1. The van der Waals surface area contributed by atoms with E-state index in [0.717, 1.165) is 11.1 Å². The molecule has 0 heterocycles. The summed E-state index contributed by atoms with van der Waals surface area (Å²) in [5, 5.41) is 7.82. The van der Waals surface area contributed by atoms with E-state index in [1.165, 1.54) is 0 Å². The number of hydrogen-bond acceptors (Lipinski definition) is 4. The van der Waals surface area contributed by atoms with Crippen molar-refractivity contribution in [2.24, 2.45) is 0 Å². The second-order valence-corrected chi connectivity index (χ2v) is 6.27. The first-order valence-corrected chi connectivity index (χ1v) is 9.02. The molecule has 0 fully saturated rings. The van der Waals surface area contributed by atoms with Crippen LogP contribution in [0, 0.1) is 6.92 Å². The van der Waals surface area contributed by atoms with Gasteiger partial charge < -0.3 is 20.7 Å². The van der Waals surface area contributed by atoms with Gasteiger partial charge in [-0.3, -0.25) is 14.4 Å². The van der Waals surface area contributed by atoms with Gasteiger partial charge in [0.25, 0.3) is 5.91 Å². The third-order valence-corrected chi connectivity index (χ3v) is 4.01. The number of anilines is 1. The molecule has 2 aromatic rings. The van der Waals surface area contributed by atoms with Crippen LogP contribution in [0.5, 0.6) is 0 Å². The Kier molecular flexibility index (Phi) is 8.17. The standard InChI is InChI=1S/C21H25N3O4/c1-15-8-10-16(11-9-15)14-23-19(25)17-6-3-4-7-18(17)24-21(27)20(26)22-12-5-13-28-2/h3-4,6-11H,5,12-14H2,1-2H3,(H,22,26)(H,23,25)(H,24,27). The van der Waals surface area contributed by atoms with Crippen LogP contribution in [-0.2, 0) is 20.9 Å². The van der Waals surface area contributed by atoms with E-state index in [1.807, 2.05) is 31.2 Å². The van der Waals surface area contributed by atoms with E-state index in [1.54, 1.807) is 31.4 Å². The minimum Gasteiger partial charge on any atom is -0.385 e. The summed E-state index contributed by atoms with van der Waals surface area (Å²) in [5.74, 6) is -1.92. The highest BCUT2D eigenvalue weighted by molar-refractivity contribution is 6.40. The van der Waals surface area contributed by atoms with E-state index < -0.39 is 11.8 Å². The molecule has 0 aromatic heterocycles. The smallest absolute Gasteiger partial charge is 0.313 e. The summed E-state index contributed by atoms with van der Waals surface area (Å²) in [4.78, 5) is 36.5. The highest BCUT2D eigenvalue weighted by Gasteiger charge is 2.17. The van der Waals surface area contributed by atoms with E-state index in [2.05, 4.69) is 16.0 Å². The summed E-state index contributed by atoms with van der Waals surface area (Å²) >= 11 is 0. The zero-order valence-electron chi connectivity index (χ0n) is 16.1. The van der Waals surface area contributed by atoms with Gasteiger partial charge in [-0.25, -0.2) is 0 Å². The van der Waals surface area contributed by atoms with Crippen molar-refractivity contribution in [3.8, 4) is 0 Å². The zero-order valence-corrected chi connectivity index (χ0v) is 16.1. The first-order valence-electron chi connectivity index (χ1n) is 9.02. The Morgan fingerprint density at radius 2 is 1.64 bits per heavy atom. The van der Waals surface area contributed by atoms with Crippen molar-refractivity contribution < 1.29 is 19.1 Å². The fourth-order valence-electron chi connectivity index (χ4n) is 2.45. The molecule has 0 saturated heterocycles. The lowest BCUT2D eigenvalue weighted by Crippen LogP contribution is -2.36. The molecule has 0 radical (unpaired) electrons. The summed E-state index contributed by atoms with van der Waals surface area (Å²) in [6.45, 7) is 3.18. The van der Waals surface area contributed by atoms with Gasteiger partial charge in [0, 0.05) is 26.8 Å². The summed E-state index contributed by atoms with van der Waals surface area (Å²) in [5.41, 5.74) is 2.68. The van der Waals surface area contributed by atoms with Gasteiger partial charge in [-0.15, -0.1) is 0 Å². The quantitative estimate of drug-likeness (QED) is 0.480. The Labute approximate surface area is 164 Å². The van der Waals surface area contributed by atoms with Crippen molar-refractivity contribution in [3.05, 3.63) is 65.2 Å². The van der Waals surface area contributed by atoms with Gasteiger partial charge in [0.2, 0.25) is 0 Å². The SMILES string of the molecule is COCCCNC(=O)C(=O)Nc1ccccc1C(=O)NCc1ccc(C)cc1. The first kappa shape index (κ1) is 21.1. The molecule has 0 aliphatic rings. The van der Waals surface area contributed by atoms with Crippen molar-refractivity contribution in [1.29, 1.82) is 0 Å². The molecule has 0 spiro atoms. The first-order chi connectivity index (χ1) is 13.5. The van der Waals surface area contributed by atoms with Crippen LogP contribution in [0.3, 0.4) is 0 Å². The Balaban J connectivity index is 1.95. The van der Waals surface area contributed by atoms with Gasteiger partial charge in [-0.05, 0) is 31.0 Å². The predicted molar refractivity (Wildman–Crippen MR) is 107 cm³/mol. The van der Waals surface area contributed by atoms with Crippen LogP contribution < -0.4 is 16.0 Å². The number of amides is 3. The third-order valence-electron chi connectivity index (χ3n) is 4.01. The zero-order chi connectivity index (χ0) is 20.4. The monoisotopic (exact) mass is 383 g/mol. The molecule has 148 valence electrons. The number of rotatable bonds is 8. The fraction of sp³-hybridized carbons (Fsp3) is 0.286. The normalized spacial score (nSPS) is 10.2. The molecular weight excluding hydrogens is 358 g/mol. The molecule has 0 saturated carbocycles. The lowest BCUT2D eigenvalue weighted by atomic mass is 10.1. The lowest BCUT2D eigenvalue weighted by molar-refractivity contribution is -0.136. The van der Waals surface area contributed by atoms with Crippen LogP contribution >= 0.6 is 0 Å². The van der Waals surface area contributed by atoms with Crippen LogP contribution in [0.2, 0.25) is 0 Å². The summed E-state index contributed by atoms with van der Waals surface area (Å²) in [6, 6.07) is 14.4. The van der Waals surface area contributed by atoms with Crippen molar-refractivity contribution >= 4 is 23.4 Å². The number of methoxy groups -OCH3 is 1. The Morgan fingerprint density at radius 1 is 0.929 bits per heavy atom. The van der Waals surface area contributed by atoms with E-state index in [4.69, 9.17) is 4.74 Å². The maximum atomic E-state index is 12.5. The molecule has 7 heteroatoms. The lowest BCUT2D eigenvalue weighted by Gasteiger charge is -2.12. The van der Waals surface area contributed by atoms with Crippen LogP contribution in [0.15, 0.2) is 48.5 Å². The number of hydrogen-bond donors (Lipinski definition) is 3. The minimum atomic E-state index is -0.823. The maximum Gasteiger partial charge on any atom is 0.313 e. The van der Waals surface area contributed by atoms with E-state index in [-0.39, 0.29) is 17.2 Å². The average Bonchev–Trinajstić information content (AvgIpc) is 2.70. The Morgan fingerprint density at radius 3 is 2.36 bits per heavy atom. The van der Waals surface area contributed by atoms with Gasteiger partial charge >= 0.3 is 11.8 Å². The highest BCUT2D eigenvalue weighted by Crippen LogP contribution is 2.15. The van der Waals surface area contributed by atoms with Gasteiger partial charge in [0.05, 0.1) is 11.3 Å². The molecule has 0 bridgehead atoms. The van der Waals surface area contributed by atoms with Crippen molar-refractivity contribution in [3.63, 3.8) is 0 Å². The summed E-state index contributed by atoms with van der Waals surface area (Å²) in [7, 11) is 1.56. The molecule has 3 N–H and O–H groups in total. The van der Waals surface area contributed by atoms with Crippen LogP contribution in [0.25, 0.3) is 0 Å². The molecule has 0 aliphatic carbocycles. The highest BCUT2D eigenvalue weighted by atomic mass is 16.5. The number of carbonyl (C=O) groups is 3. The average molecular weight is 383 g/mol. The second kappa shape index (κ2) is 10.8.